The summed E-state index contributed by atoms with van der Waals surface area (Å²) in [5, 5.41) is 110. The van der Waals surface area contributed by atoms with Crippen LogP contribution in [0.25, 0.3) is 0 Å². The van der Waals surface area contributed by atoms with Gasteiger partial charge in [-0.1, -0.05) is 0 Å². The summed E-state index contributed by atoms with van der Waals surface area (Å²) in [5.74, 6) is -6.42. The molecule has 3 aliphatic heterocycles. The highest BCUT2D eigenvalue weighted by Gasteiger charge is 2.60. The Kier molecular flexibility index (Phi) is 13.8. The molecule has 12 N–H and O–H groups in total. The van der Waals surface area contributed by atoms with Gasteiger partial charge < -0.3 is 90.1 Å². The van der Waals surface area contributed by atoms with Crippen molar-refractivity contribution in [1.82, 2.24) is 10.6 Å². The van der Waals surface area contributed by atoms with E-state index in [0.29, 0.717) is 0 Å². The number of rotatable bonds is 13. The van der Waals surface area contributed by atoms with Crippen LogP contribution in [0.15, 0.2) is 0 Å². The minimum atomic E-state index is -3.03. The topological polar surface area (TPSA) is 333 Å². The molecule has 0 aromatic heterocycles. The number of hydrogen-bond acceptors (Lipinski definition) is 18. The Morgan fingerprint density at radius 2 is 1.49 bits per heavy atom. The Labute approximate surface area is 267 Å². The molecule has 3 rings (SSSR count). The second-order valence-corrected chi connectivity index (χ2v) is 11.5. The molecule has 16 atom stereocenters. The Morgan fingerprint density at radius 3 is 2.02 bits per heavy atom. The van der Waals surface area contributed by atoms with Crippen molar-refractivity contribution in [3.8, 4) is 0 Å². The van der Waals surface area contributed by atoms with Crippen LogP contribution in [0.1, 0.15) is 20.3 Å². The highest BCUT2D eigenvalue weighted by atomic mass is 16.8. The summed E-state index contributed by atoms with van der Waals surface area (Å²) in [7, 11) is 1.27. The van der Waals surface area contributed by atoms with Gasteiger partial charge in [0.1, 0.15) is 67.1 Å². The fraction of sp³-hybridized carbons (Fsp3) is 0.885. The lowest BCUT2D eigenvalue weighted by Gasteiger charge is -2.50. The normalized spacial score (nSPS) is 42.3. The van der Waals surface area contributed by atoms with Crippen molar-refractivity contribution in [2.45, 2.75) is 118 Å². The number of amides is 2. The number of aliphatic hydroxyl groups excluding tert-OH is 9. The molecule has 3 fully saturated rings. The molecule has 0 aromatic carbocycles. The summed E-state index contributed by atoms with van der Waals surface area (Å²) in [6.45, 7) is -0.139. The second-order valence-electron chi connectivity index (χ2n) is 11.5. The first-order chi connectivity index (χ1) is 22.0. The maximum atomic E-state index is 12.7. The lowest BCUT2D eigenvalue weighted by Crippen LogP contribution is -2.71. The summed E-state index contributed by atoms with van der Waals surface area (Å²) in [6, 6.07) is -3.02. The van der Waals surface area contributed by atoms with Gasteiger partial charge in [-0.05, 0) is 0 Å². The molecular formula is C26H44N2O19. The van der Waals surface area contributed by atoms with Crippen molar-refractivity contribution < 1.29 is 93.9 Å². The highest BCUT2D eigenvalue weighted by Crippen LogP contribution is 2.38. The number of aliphatic hydroxyl groups is 9. The van der Waals surface area contributed by atoms with Gasteiger partial charge in [0.2, 0.25) is 11.8 Å². The van der Waals surface area contributed by atoms with Crippen LogP contribution in [-0.4, -0.2) is 193 Å². The highest BCUT2D eigenvalue weighted by molar-refractivity contribution is 5.76. The third-order valence-electron chi connectivity index (χ3n) is 8.02. The number of methoxy groups -OCH3 is 1. The van der Waals surface area contributed by atoms with Crippen LogP contribution < -0.4 is 10.6 Å². The lowest BCUT2D eigenvalue weighted by atomic mass is 9.88. The summed E-state index contributed by atoms with van der Waals surface area (Å²) in [4.78, 5) is 36.3. The van der Waals surface area contributed by atoms with Gasteiger partial charge in [-0.25, -0.2) is 4.79 Å². The predicted octanol–water partition coefficient (Wildman–Crippen LogP) is -7.43. The zero-order valence-electron chi connectivity index (χ0n) is 25.6. The molecule has 0 radical (unpaired) electrons. The van der Waals surface area contributed by atoms with E-state index >= 15 is 0 Å². The van der Waals surface area contributed by atoms with Gasteiger partial charge in [0, 0.05) is 27.4 Å². The van der Waals surface area contributed by atoms with Crippen molar-refractivity contribution in [3.05, 3.63) is 0 Å². The molecular weight excluding hydrogens is 644 g/mol. The van der Waals surface area contributed by atoms with Crippen LogP contribution in [0.5, 0.6) is 0 Å². The van der Waals surface area contributed by atoms with Crippen LogP contribution in [0.2, 0.25) is 0 Å². The Morgan fingerprint density at radius 1 is 0.894 bits per heavy atom. The summed E-state index contributed by atoms with van der Waals surface area (Å²) >= 11 is 0. The molecule has 2 amide bonds. The first-order valence-corrected chi connectivity index (χ1v) is 14.6. The predicted molar refractivity (Wildman–Crippen MR) is 146 cm³/mol. The van der Waals surface area contributed by atoms with Crippen molar-refractivity contribution >= 4 is 17.8 Å². The van der Waals surface area contributed by atoms with Gasteiger partial charge in [-0.2, -0.15) is 0 Å². The molecule has 0 spiro atoms. The smallest absolute Gasteiger partial charge is 0.364 e. The number of nitrogens with one attached hydrogen (secondary N) is 2. The van der Waals surface area contributed by atoms with E-state index in [1.54, 1.807) is 0 Å². The third-order valence-corrected chi connectivity index (χ3v) is 8.02. The second kappa shape index (κ2) is 16.5. The zero-order chi connectivity index (χ0) is 35.4. The molecule has 21 nitrogen and oxygen atoms in total. The van der Waals surface area contributed by atoms with Gasteiger partial charge >= 0.3 is 5.97 Å². The Bertz CT molecular complexity index is 1070. The average Bonchev–Trinajstić information content (AvgIpc) is 3.00. The number of ether oxygens (including phenoxy) is 6. The third kappa shape index (κ3) is 8.70. The van der Waals surface area contributed by atoms with E-state index in [4.69, 9.17) is 28.4 Å². The molecule has 3 aliphatic rings. The molecule has 272 valence electrons. The SMILES string of the molecule is COC[C@H]1OC(O)[C@H](NC(C)=O)[C@@H](O[C@@H]2O[C@H](CO)[C@H](O)[C@H](O[C@]3(C(=O)O)C[C@H](O)[C@@H](NC(C)=O)[C@H]([C@H](O)[C@H](O)CO)O3)[C@H]2O)[C@@H]1O. The fourth-order valence-electron chi connectivity index (χ4n) is 5.71. The first-order valence-electron chi connectivity index (χ1n) is 14.6. The molecule has 47 heavy (non-hydrogen) atoms. The van der Waals surface area contributed by atoms with Crippen molar-refractivity contribution in [2.75, 3.05) is 26.9 Å². The van der Waals surface area contributed by atoms with Gasteiger partial charge in [0.05, 0.1) is 32.0 Å². The minimum absolute atomic E-state index is 0.263. The van der Waals surface area contributed by atoms with Crippen LogP contribution in [0, 0.1) is 0 Å². The number of aliphatic carboxylic acids is 1. The molecule has 0 aromatic rings. The summed E-state index contributed by atoms with van der Waals surface area (Å²) in [5.41, 5.74) is 0. The Hall–Kier alpha value is -2.19. The maximum Gasteiger partial charge on any atom is 0.364 e. The number of carbonyl (C=O) groups is 3. The van der Waals surface area contributed by atoms with E-state index in [-0.39, 0.29) is 6.61 Å². The molecule has 1 unspecified atom stereocenters. The van der Waals surface area contributed by atoms with E-state index in [0.717, 1.165) is 13.8 Å². The van der Waals surface area contributed by atoms with Crippen LogP contribution in [0.3, 0.4) is 0 Å². The number of carbonyl (C=O) groups excluding carboxylic acids is 2. The van der Waals surface area contributed by atoms with E-state index in [9.17, 15) is 65.4 Å². The van der Waals surface area contributed by atoms with Crippen molar-refractivity contribution in [2.24, 2.45) is 0 Å². The van der Waals surface area contributed by atoms with Crippen LogP contribution >= 0.6 is 0 Å². The first kappa shape index (κ1) is 39.3. The Balaban J connectivity index is 1.98. The minimum Gasteiger partial charge on any atom is -0.477 e. The average molecular weight is 689 g/mol. The van der Waals surface area contributed by atoms with E-state index in [2.05, 4.69) is 10.6 Å². The van der Waals surface area contributed by atoms with Gasteiger partial charge in [0.25, 0.3) is 5.79 Å². The molecule has 0 saturated carbocycles. The molecule has 0 aliphatic carbocycles. The summed E-state index contributed by atoms with van der Waals surface area (Å²) < 4.78 is 32.7. The molecule has 3 heterocycles. The maximum absolute atomic E-state index is 12.7. The van der Waals surface area contributed by atoms with E-state index < -0.39 is 135 Å². The lowest BCUT2D eigenvalue weighted by molar-refractivity contribution is -0.380. The fourth-order valence-corrected chi connectivity index (χ4v) is 5.71. The van der Waals surface area contributed by atoms with Gasteiger partial charge in [-0.15, -0.1) is 0 Å². The largest absolute Gasteiger partial charge is 0.477 e. The number of hydrogen-bond donors (Lipinski definition) is 12. The quantitative estimate of drug-likeness (QED) is 0.0854. The van der Waals surface area contributed by atoms with Crippen LogP contribution in [0.4, 0.5) is 0 Å². The molecule has 0 bridgehead atoms. The number of carboxylic acids is 1. The number of carboxylic acid groups (broad SMARTS) is 1. The monoisotopic (exact) mass is 688 g/mol. The standard InChI is InChI=1S/C26H44N2O19/c1-8(31)27-14-10(33)4-26(25(40)41,46-21(14)16(35)11(34)5-29)47-22-17(36)12(6-30)44-24(19(22)38)45-20-15(28-9(2)32)23(39)43-13(7-42-3)18(20)37/h10-24,29-30,33-39H,4-7H2,1-3H3,(H,27,31)(H,28,32)(H,40,41)/t10-,11+,12+,13+,14+,15+,16+,17-,18+,19+,20+,21+,22-,23?,24-,26-/m0/s1. The van der Waals surface area contributed by atoms with Crippen molar-refractivity contribution in [1.29, 1.82) is 0 Å². The van der Waals surface area contributed by atoms with Gasteiger partial charge in [-0.3, -0.25) is 9.59 Å². The van der Waals surface area contributed by atoms with E-state index in [1.165, 1.54) is 7.11 Å². The van der Waals surface area contributed by atoms with Gasteiger partial charge in [0.15, 0.2) is 12.6 Å². The molecule has 21 heteroatoms. The van der Waals surface area contributed by atoms with E-state index in [1.807, 2.05) is 0 Å². The zero-order valence-corrected chi connectivity index (χ0v) is 25.6. The van der Waals surface area contributed by atoms with Crippen molar-refractivity contribution in [3.63, 3.8) is 0 Å². The molecule has 3 saturated heterocycles. The summed E-state index contributed by atoms with van der Waals surface area (Å²) in [6.07, 6.45) is -25.1. The van der Waals surface area contributed by atoms with Crippen LogP contribution in [-0.2, 0) is 42.8 Å².